The molecule has 0 bridgehead atoms. The molecule has 0 radical (unpaired) electrons. The van der Waals surface area contributed by atoms with Crippen molar-refractivity contribution in [3.63, 3.8) is 0 Å². The number of para-hydroxylation sites is 1. The Balaban J connectivity index is 2.40. The van der Waals surface area contributed by atoms with Gasteiger partial charge < -0.3 is 10.6 Å². The first-order valence-electron chi connectivity index (χ1n) is 4.97. The highest BCUT2D eigenvalue weighted by atomic mass is 16.2. The number of nitrogens with two attached hydrogens (primary N) is 1. The summed E-state index contributed by atoms with van der Waals surface area (Å²) >= 11 is 0. The number of hydrogen-bond acceptors (Lipinski definition) is 2. The van der Waals surface area contributed by atoms with Crippen LogP contribution in [0.15, 0.2) is 18.2 Å². The van der Waals surface area contributed by atoms with E-state index in [0.29, 0.717) is 5.69 Å². The van der Waals surface area contributed by atoms with E-state index in [1.807, 2.05) is 18.2 Å². The smallest absolute Gasteiger partial charge is 0.324 e. The highest BCUT2D eigenvalue weighted by Gasteiger charge is 2.27. The van der Waals surface area contributed by atoms with Crippen LogP contribution in [0.5, 0.6) is 0 Å². The summed E-state index contributed by atoms with van der Waals surface area (Å²) in [4.78, 5) is 15.2. The Morgan fingerprint density at radius 2 is 2.20 bits per heavy atom. The first-order chi connectivity index (χ1) is 7.11. The second-order valence-electron chi connectivity index (χ2n) is 3.93. The van der Waals surface area contributed by atoms with E-state index in [9.17, 15) is 4.79 Å². The van der Waals surface area contributed by atoms with Gasteiger partial charge in [-0.05, 0) is 18.1 Å². The van der Waals surface area contributed by atoms with Gasteiger partial charge in [-0.25, -0.2) is 4.79 Å². The molecule has 1 aliphatic rings. The van der Waals surface area contributed by atoms with Crippen LogP contribution in [0.1, 0.15) is 5.56 Å². The van der Waals surface area contributed by atoms with Crippen LogP contribution in [-0.2, 0) is 6.42 Å². The molecular formula is C11H15N3O. The van der Waals surface area contributed by atoms with E-state index in [-0.39, 0.29) is 6.03 Å². The topological polar surface area (TPSA) is 49.6 Å². The number of carbonyl (C=O) groups is 1. The maximum atomic E-state index is 11.9. The molecule has 2 amide bonds. The molecule has 1 heterocycles. The highest BCUT2D eigenvalue weighted by Crippen LogP contribution is 2.33. The van der Waals surface area contributed by atoms with Crippen molar-refractivity contribution < 1.29 is 4.79 Å². The molecule has 15 heavy (non-hydrogen) atoms. The van der Waals surface area contributed by atoms with Gasteiger partial charge in [-0.15, -0.1) is 0 Å². The van der Waals surface area contributed by atoms with Crippen molar-refractivity contribution in [2.75, 3.05) is 31.3 Å². The summed E-state index contributed by atoms with van der Waals surface area (Å²) in [5.74, 6) is 0. The number of hydrogen-bond donors (Lipinski definition) is 1. The minimum absolute atomic E-state index is 0.00773. The van der Waals surface area contributed by atoms with Crippen molar-refractivity contribution >= 4 is 17.4 Å². The second kappa shape index (κ2) is 3.46. The molecule has 2 N–H and O–H groups in total. The van der Waals surface area contributed by atoms with Gasteiger partial charge in [0, 0.05) is 20.6 Å². The molecule has 1 aliphatic heterocycles. The van der Waals surface area contributed by atoms with E-state index in [2.05, 4.69) is 0 Å². The Labute approximate surface area is 89.3 Å². The lowest BCUT2D eigenvalue weighted by molar-refractivity contribution is 0.224. The van der Waals surface area contributed by atoms with Crippen molar-refractivity contribution in [1.82, 2.24) is 4.90 Å². The van der Waals surface area contributed by atoms with Gasteiger partial charge in [0.15, 0.2) is 0 Å². The van der Waals surface area contributed by atoms with E-state index in [1.165, 1.54) is 0 Å². The van der Waals surface area contributed by atoms with E-state index in [4.69, 9.17) is 5.73 Å². The lowest BCUT2D eigenvalue weighted by Crippen LogP contribution is -2.38. The molecule has 0 aliphatic carbocycles. The maximum Gasteiger partial charge on any atom is 0.324 e. The van der Waals surface area contributed by atoms with Crippen LogP contribution in [-0.4, -0.2) is 31.6 Å². The predicted octanol–water partition coefficient (Wildman–Crippen LogP) is 1.31. The van der Waals surface area contributed by atoms with Gasteiger partial charge in [-0.1, -0.05) is 12.1 Å². The summed E-state index contributed by atoms with van der Waals surface area (Å²) in [5.41, 5.74) is 8.61. The molecule has 0 spiro atoms. The lowest BCUT2D eigenvalue weighted by Gasteiger charge is -2.22. The molecule has 0 unspecified atom stereocenters. The monoisotopic (exact) mass is 205 g/mol. The number of amides is 2. The van der Waals surface area contributed by atoms with Gasteiger partial charge in [0.25, 0.3) is 0 Å². The summed E-state index contributed by atoms with van der Waals surface area (Å²) in [7, 11) is 3.50. The number of carbonyl (C=O) groups excluding carboxylic acids is 1. The minimum atomic E-state index is -0.00773. The number of benzene rings is 1. The van der Waals surface area contributed by atoms with Crippen molar-refractivity contribution in [3.05, 3.63) is 23.8 Å². The molecule has 0 saturated heterocycles. The largest absolute Gasteiger partial charge is 0.397 e. The van der Waals surface area contributed by atoms with E-state index in [0.717, 1.165) is 24.2 Å². The number of nitrogens with zero attached hydrogens (tertiary/aromatic N) is 2. The Morgan fingerprint density at radius 1 is 1.47 bits per heavy atom. The summed E-state index contributed by atoms with van der Waals surface area (Å²) in [6, 6.07) is 5.78. The predicted molar refractivity (Wildman–Crippen MR) is 61.0 cm³/mol. The van der Waals surface area contributed by atoms with Gasteiger partial charge in [-0.2, -0.15) is 0 Å². The van der Waals surface area contributed by atoms with Crippen molar-refractivity contribution in [2.24, 2.45) is 0 Å². The summed E-state index contributed by atoms with van der Waals surface area (Å²) < 4.78 is 0. The van der Waals surface area contributed by atoms with Crippen LogP contribution < -0.4 is 10.6 Å². The third-order valence-electron chi connectivity index (χ3n) is 2.64. The van der Waals surface area contributed by atoms with Crippen LogP contribution >= 0.6 is 0 Å². The van der Waals surface area contributed by atoms with Crippen LogP contribution in [0.25, 0.3) is 0 Å². The van der Waals surface area contributed by atoms with E-state index < -0.39 is 0 Å². The Hall–Kier alpha value is -1.71. The van der Waals surface area contributed by atoms with Crippen LogP contribution in [0.3, 0.4) is 0 Å². The molecule has 0 aromatic heterocycles. The molecule has 0 atom stereocenters. The lowest BCUT2D eigenvalue weighted by atomic mass is 10.1. The van der Waals surface area contributed by atoms with Crippen molar-refractivity contribution in [3.8, 4) is 0 Å². The first-order valence-corrected chi connectivity index (χ1v) is 4.97. The van der Waals surface area contributed by atoms with Gasteiger partial charge in [0.1, 0.15) is 0 Å². The molecule has 1 aromatic rings. The standard InChI is InChI=1S/C11H15N3O/c1-13(2)11(15)14-7-6-8-4-3-5-9(12)10(8)14/h3-5H,6-7,12H2,1-2H3. The van der Waals surface area contributed by atoms with E-state index in [1.54, 1.807) is 23.9 Å². The Morgan fingerprint density at radius 3 is 2.87 bits per heavy atom. The Kier molecular flexibility index (Phi) is 2.26. The number of rotatable bonds is 0. The van der Waals surface area contributed by atoms with Gasteiger partial charge in [0.05, 0.1) is 11.4 Å². The third-order valence-corrected chi connectivity index (χ3v) is 2.64. The molecule has 4 heteroatoms. The normalized spacial score (nSPS) is 13.9. The van der Waals surface area contributed by atoms with Gasteiger partial charge in [0.2, 0.25) is 0 Å². The zero-order valence-electron chi connectivity index (χ0n) is 9.03. The minimum Gasteiger partial charge on any atom is -0.397 e. The highest BCUT2D eigenvalue weighted by molar-refractivity contribution is 5.97. The zero-order chi connectivity index (χ0) is 11.0. The fraction of sp³-hybridized carbons (Fsp3) is 0.364. The number of nitrogen functional groups attached to an aromatic ring is 1. The molecule has 0 fully saturated rings. The number of anilines is 2. The van der Waals surface area contributed by atoms with Gasteiger partial charge >= 0.3 is 6.03 Å². The molecule has 80 valence electrons. The van der Waals surface area contributed by atoms with Gasteiger partial charge in [-0.3, -0.25) is 4.90 Å². The molecule has 4 nitrogen and oxygen atoms in total. The first kappa shape index (κ1) is 9.83. The summed E-state index contributed by atoms with van der Waals surface area (Å²) in [5, 5.41) is 0. The maximum absolute atomic E-state index is 11.9. The third kappa shape index (κ3) is 1.52. The fourth-order valence-corrected chi connectivity index (χ4v) is 1.92. The van der Waals surface area contributed by atoms with Crippen molar-refractivity contribution in [1.29, 1.82) is 0 Å². The fourth-order valence-electron chi connectivity index (χ4n) is 1.92. The average molecular weight is 205 g/mol. The average Bonchev–Trinajstić information content (AvgIpc) is 2.61. The zero-order valence-corrected chi connectivity index (χ0v) is 9.03. The van der Waals surface area contributed by atoms with E-state index >= 15 is 0 Å². The molecule has 0 saturated carbocycles. The Bertz CT molecular complexity index is 401. The summed E-state index contributed by atoms with van der Waals surface area (Å²) in [6.07, 6.45) is 0.889. The quantitative estimate of drug-likeness (QED) is 0.649. The molecule has 1 aromatic carbocycles. The SMILES string of the molecule is CN(C)C(=O)N1CCc2cccc(N)c21. The van der Waals surface area contributed by atoms with Crippen LogP contribution in [0.2, 0.25) is 0 Å². The number of urea groups is 1. The molecule has 2 rings (SSSR count). The molecular weight excluding hydrogens is 190 g/mol. The summed E-state index contributed by atoms with van der Waals surface area (Å²) in [6.45, 7) is 0.723. The number of fused-ring (bicyclic) bond motifs is 1. The van der Waals surface area contributed by atoms with Crippen molar-refractivity contribution in [2.45, 2.75) is 6.42 Å². The second-order valence-corrected chi connectivity index (χ2v) is 3.93. The van der Waals surface area contributed by atoms with Crippen LogP contribution in [0, 0.1) is 0 Å². The van der Waals surface area contributed by atoms with Crippen LogP contribution in [0.4, 0.5) is 16.2 Å².